The number of thioether (sulfide) groups is 1. The van der Waals surface area contributed by atoms with E-state index in [1.54, 1.807) is 50.5 Å². The number of nitrogens with zero attached hydrogens (tertiary/aromatic N) is 4. The van der Waals surface area contributed by atoms with Crippen LogP contribution in [0.5, 0.6) is 0 Å². The Labute approximate surface area is 206 Å². The second-order valence-electron chi connectivity index (χ2n) is 6.98. The Balaban J connectivity index is 0.00000210. The molecule has 2 heterocycles. The first kappa shape index (κ1) is 27.9. The molecular formula is C24H28F3N5O2S. The maximum atomic E-state index is 12.6. The molecule has 0 bridgehead atoms. The molecule has 3 aromatic rings. The van der Waals surface area contributed by atoms with Crippen molar-refractivity contribution in [3.63, 3.8) is 0 Å². The van der Waals surface area contributed by atoms with Gasteiger partial charge in [0.1, 0.15) is 5.56 Å². The van der Waals surface area contributed by atoms with Crippen molar-refractivity contribution in [1.29, 1.82) is 0 Å². The molecule has 2 aromatic heterocycles. The van der Waals surface area contributed by atoms with Gasteiger partial charge in [0, 0.05) is 23.0 Å². The molecule has 35 heavy (non-hydrogen) atoms. The highest BCUT2D eigenvalue weighted by atomic mass is 32.2. The number of aliphatic imine (C=N–C) groups is 1. The van der Waals surface area contributed by atoms with E-state index in [4.69, 9.17) is 4.74 Å². The third kappa shape index (κ3) is 8.13. The summed E-state index contributed by atoms with van der Waals surface area (Å²) >= 11 is 0.727. The van der Waals surface area contributed by atoms with Crippen LogP contribution in [0.3, 0.4) is 0 Å². The van der Waals surface area contributed by atoms with Crippen molar-refractivity contribution >= 4 is 35.6 Å². The molecule has 11 heteroatoms. The summed E-state index contributed by atoms with van der Waals surface area (Å²) in [5, 5.41) is 7.31. The lowest BCUT2D eigenvalue weighted by Crippen LogP contribution is -2.10. The molecule has 0 saturated carbocycles. The van der Waals surface area contributed by atoms with Crippen molar-refractivity contribution in [2.24, 2.45) is 4.99 Å². The smallest absolute Gasteiger partial charge is 0.398 e. The van der Waals surface area contributed by atoms with Crippen LogP contribution < -0.4 is 5.32 Å². The van der Waals surface area contributed by atoms with E-state index in [1.165, 1.54) is 17.2 Å². The molecule has 0 aliphatic carbocycles. The van der Waals surface area contributed by atoms with Crippen LogP contribution in [0.1, 0.15) is 42.3 Å². The monoisotopic (exact) mass is 507 g/mol. The van der Waals surface area contributed by atoms with Gasteiger partial charge in [0.25, 0.3) is 0 Å². The quantitative estimate of drug-likeness (QED) is 0.162. The van der Waals surface area contributed by atoms with E-state index in [0.29, 0.717) is 16.3 Å². The molecule has 188 valence electrons. The molecular weight excluding hydrogens is 479 g/mol. The fourth-order valence-electron chi connectivity index (χ4n) is 2.90. The first-order chi connectivity index (χ1) is 16.7. The first-order valence-corrected chi connectivity index (χ1v) is 11.9. The molecule has 7 nitrogen and oxygen atoms in total. The molecule has 0 saturated heterocycles. The van der Waals surface area contributed by atoms with Gasteiger partial charge < -0.3 is 10.1 Å². The summed E-state index contributed by atoms with van der Waals surface area (Å²) in [5.74, 6) is -1.42. The zero-order valence-electron chi connectivity index (χ0n) is 20.2. The zero-order valence-corrected chi connectivity index (χ0v) is 21.0. The SMILES string of the molecule is CC.CCOC(=O)c1cn(-c2cccnc2)nc1N=CNc1cc(SCC(F)(F)F)c(C)cc1C. The Hall–Kier alpha value is -3.34. The van der Waals surface area contributed by atoms with E-state index in [9.17, 15) is 18.0 Å². The summed E-state index contributed by atoms with van der Waals surface area (Å²) in [6, 6.07) is 6.96. The number of aromatic nitrogens is 3. The van der Waals surface area contributed by atoms with E-state index in [1.807, 2.05) is 20.8 Å². The maximum absolute atomic E-state index is 12.6. The summed E-state index contributed by atoms with van der Waals surface area (Å²) in [5.41, 5.74) is 2.99. The lowest BCUT2D eigenvalue weighted by Gasteiger charge is -2.12. The Morgan fingerprint density at radius 1 is 1.26 bits per heavy atom. The second-order valence-corrected chi connectivity index (χ2v) is 8.00. The van der Waals surface area contributed by atoms with Crippen molar-refractivity contribution in [3.05, 3.63) is 59.5 Å². The van der Waals surface area contributed by atoms with Gasteiger partial charge in [-0.1, -0.05) is 19.9 Å². The number of pyridine rings is 1. The Morgan fingerprint density at radius 2 is 2.00 bits per heavy atom. The number of ether oxygens (including phenoxy) is 1. The van der Waals surface area contributed by atoms with Crippen LogP contribution in [0, 0.1) is 13.8 Å². The maximum Gasteiger partial charge on any atom is 0.398 e. The summed E-state index contributed by atoms with van der Waals surface area (Å²) < 4.78 is 44.4. The highest BCUT2D eigenvalue weighted by Crippen LogP contribution is 2.32. The number of aryl methyl sites for hydroxylation is 2. The van der Waals surface area contributed by atoms with E-state index in [2.05, 4.69) is 20.4 Å². The van der Waals surface area contributed by atoms with Gasteiger partial charge in [0.15, 0.2) is 5.82 Å². The van der Waals surface area contributed by atoms with Crippen LogP contribution in [-0.4, -0.2) is 45.6 Å². The Kier molecular flexibility index (Phi) is 10.3. The molecule has 0 fully saturated rings. The lowest BCUT2D eigenvalue weighted by molar-refractivity contribution is -0.105. The molecule has 1 N–H and O–H groups in total. The summed E-state index contributed by atoms with van der Waals surface area (Å²) in [6.07, 6.45) is 1.80. The van der Waals surface area contributed by atoms with Gasteiger partial charge in [-0.05, 0) is 50.1 Å². The van der Waals surface area contributed by atoms with Gasteiger partial charge in [-0.2, -0.15) is 13.2 Å². The topological polar surface area (TPSA) is 81.4 Å². The molecule has 0 aliphatic rings. The number of hydrogen-bond acceptors (Lipinski definition) is 6. The van der Waals surface area contributed by atoms with Crippen LogP contribution >= 0.6 is 11.8 Å². The van der Waals surface area contributed by atoms with Crippen molar-refractivity contribution in [2.45, 2.75) is 45.7 Å². The van der Waals surface area contributed by atoms with Crippen LogP contribution in [0.2, 0.25) is 0 Å². The van der Waals surface area contributed by atoms with E-state index in [0.717, 1.165) is 22.9 Å². The van der Waals surface area contributed by atoms with Gasteiger partial charge in [-0.15, -0.1) is 16.9 Å². The number of carbonyl (C=O) groups is 1. The van der Waals surface area contributed by atoms with Crippen LogP contribution in [0.15, 0.2) is 52.7 Å². The predicted molar refractivity (Wildman–Crippen MR) is 133 cm³/mol. The third-order valence-electron chi connectivity index (χ3n) is 4.42. The number of rotatable bonds is 8. The molecule has 0 radical (unpaired) electrons. The fourth-order valence-corrected chi connectivity index (χ4v) is 3.71. The van der Waals surface area contributed by atoms with E-state index >= 15 is 0 Å². The lowest BCUT2D eigenvalue weighted by atomic mass is 10.1. The average molecular weight is 508 g/mol. The third-order valence-corrected chi connectivity index (χ3v) is 5.64. The molecule has 3 rings (SSSR count). The van der Waals surface area contributed by atoms with Gasteiger partial charge >= 0.3 is 12.1 Å². The Morgan fingerprint density at radius 3 is 2.63 bits per heavy atom. The van der Waals surface area contributed by atoms with E-state index in [-0.39, 0.29) is 18.0 Å². The molecule has 1 aromatic carbocycles. The highest BCUT2D eigenvalue weighted by Gasteiger charge is 2.27. The first-order valence-electron chi connectivity index (χ1n) is 10.9. The molecule has 0 amide bonds. The normalized spacial score (nSPS) is 11.2. The van der Waals surface area contributed by atoms with Crippen molar-refractivity contribution < 1.29 is 22.7 Å². The standard InChI is InChI=1S/C22H22F3N5O2S.C2H6/c1-4-32-21(31)17-11-30(16-6-5-7-26-10-16)29-20(17)28-13-27-18-9-19(15(3)8-14(18)2)33-12-22(23,24)25;1-2/h5-11,13H,4,12H2,1-3H3,(H,27,28,29);1-2H3. The molecule has 0 unspecified atom stereocenters. The number of carbonyl (C=O) groups excluding carboxylic acids is 1. The van der Waals surface area contributed by atoms with Crippen LogP contribution in [0.4, 0.5) is 24.7 Å². The predicted octanol–water partition coefficient (Wildman–Crippen LogP) is 6.51. The summed E-state index contributed by atoms with van der Waals surface area (Å²) in [7, 11) is 0. The number of esters is 1. The van der Waals surface area contributed by atoms with Crippen LogP contribution in [0.25, 0.3) is 5.69 Å². The highest BCUT2D eigenvalue weighted by molar-refractivity contribution is 7.99. The summed E-state index contributed by atoms with van der Waals surface area (Å²) in [6.45, 7) is 9.49. The number of halogens is 3. The molecule has 0 aliphatic heterocycles. The number of anilines is 1. The molecule has 0 atom stereocenters. The molecule has 0 spiro atoms. The minimum absolute atomic E-state index is 0.126. The largest absolute Gasteiger partial charge is 0.462 e. The number of benzene rings is 1. The second kappa shape index (κ2) is 12.9. The van der Waals surface area contributed by atoms with Crippen LogP contribution in [-0.2, 0) is 4.74 Å². The van der Waals surface area contributed by atoms with E-state index < -0.39 is 17.9 Å². The van der Waals surface area contributed by atoms with Crippen molar-refractivity contribution in [2.75, 3.05) is 17.7 Å². The average Bonchev–Trinajstić information content (AvgIpc) is 3.25. The summed E-state index contributed by atoms with van der Waals surface area (Å²) in [4.78, 5) is 21.2. The fraction of sp³-hybridized carbons (Fsp3) is 0.333. The number of hydrogen-bond donors (Lipinski definition) is 1. The Bertz CT molecular complexity index is 1150. The minimum atomic E-state index is -4.26. The zero-order chi connectivity index (χ0) is 26.0. The van der Waals surface area contributed by atoms with Gasteiger partial charge in [-0.25, -0.2) is 14.5 Å². The number of alkyl halides is 3. The van der Waals surface area contributed by atoms with Crippen molar-refractivity contribution in [3.8, 4) is 5.69 Å². The van der Waals surface area contributed by atoms with Gasteiger partial charge in [0.2, 0.25) is 0 Å². The van der Waals surface area contributed by atoms with Gasteiger partial charge in [0.05, 0.1) is 30.6 Å². The van der Waals surface area contributed by atoms with Crippen molar-refractivity contribution in [1.82, 2.24) is 14.8 Å². The van der Waals surface area contributed by atoms with Gasteiger partial charge in [-0.3, -0.25) is 4.98 Å². The number of nitrogens with one attached hydrogen (secondary N) is 1. The minimum Gasteiger partial charge on any atom is -0.462 e.